The smallest absolute Gasteiger partial charge is 0.308 e. The molecule has 1 aromatic heterocycles. The zero-order valence-electron chi connectivity index (χ0n) is 8.45. The molecule has 1 rings (SSSR count). The number of aromatic nitrogens is 1. The maximum atomic E-state index is 11.0. The summed E-state index contributed by atoms with van der Waals surface area (Å²) in [6.07, 6.45) is 2.41. The van der Waals surface area contributed by atoms with Gasteiger partial charge in [-0.1, -0.05) is 6.92 Å². The van der Waals surface area contributed by atoms with Crippen LogP contribution in [0.5, 0.6) is 0 Å². The average molecular weight is 196 g/mol. The Kier molecular flexibility index (Phi) is 3.71. The number of rotatable bonds is 5. The van der Waals surface area contributed by atoms with Crippen molar-refractivity contribution in [3.05, 3.63) is 24.0 Å². The number of aromatic amines is 1. The first-order valence-corrected chi connectivity index (χ1v) is 4.74. The van der Waals surface area contributed by atoms with Gasteiger partial charge in [0.1, 0.15) is 0 Å². The molecule has 0 radical (unpaired) electrons. The van der Waals surface area contributed by atoms with E-state index in [-0.39, 0.29) is 6.04 Å². The van der Waals surface area contributed by atoms with Crippen LogP contribution < -0.4 is 5.32 Å². The Morgan fingerprint density at radius 3 is 2.79 bits per heavy atom. The van der Waals surface area contributed by atoms with Crippen LogP contribution >= 0.6 is 0 Å². The van der Waals surface area contributed by atoms with Crippen molar-refractivity contribution in [1.29, 1.82) is 0 Å². The molecule has 1 heterocycles. The molecule has 0 aliphatic rings. The lowest BCUT2D eigenvalue weighted by Crippen LogP contribution is -2.30. The van der Waals surface area contributed by atoms with Crippen LogP contribution in [0.4, 0.5) is 0 Å². The maximum absolute atomic E-state index is 11.0. The van der Waals surface area contributed by atoms with Crippen LogP contribution in [0.25, 0.3) is 0 Å². The number of aliphatic carboxylic acids is 1. The molecule has 2 atom stereocenters. The third-order valence-corrected chi connectivity index (χ3v) is 2.43. The van der Waals surface area contributed by atoms with E-state index in [1.807, 2.05) is 19.1 Å². The summed E-state index contributed by atoms with van der Waals surface area (Å²) in [5.41, 5.74) is 0.918. The zero-order valence-corrected chi connectivity index (χ0v) is 8.45. The Balaban J connectivity index is 2.85. The molecule has 0 aliphatic carbocycles. The predicted molar refractivity (Wildman–Crippen MR) is 54.0 cm³/mol. The summed E-state index contributed by atoms with van der Waals surface area (Å²) in [4.78, 5) is 14.0. The van der Waals surface area contributed by atoms with E-state index in [9.17, 15) is 4.79 Å². The van der Waals surface area contributed by atoms with E-state index in [1.54, 1.807) is 13.2 Å². The molecule has 0 saturated heterocycles. The van der Waals surface area contributed by atoms with E-state index < -0.39 is 11.9 Å². The summed E-state index contributed by atoms with van der Waals surface area (Å²) >= 11 is 0. The van der Waals surface area contributed by atoms with Gasteiger partial charge in [0, 0.05) is 11.9 Å². The number of hydrogen-bond acceptors (Lipinski definition) is 2. The van der Waals surface area contributed by atoms with Crippen molar-refractivity contribution in [1.82, 2.24) is 10.3 Å². The number of carboxylic acids is 1. The molecule has 0 bridgehead atoms. The minimum absolute atomic E-state index is 0.146. The van der Waals surface area contributed by atoms with Gasteiger partial charge in [0.25, 0.3) is 0 Å². The molecular formula is C10H16N2O2. The zero-order chi connectivity index (χ0) is 10.6. The van der Waals surface area contributed by atoms with Crippen molar-refractivity contribution >= 4 is 5.97 Å². The van der Waals surface area contributed by atoms with E-state index in [0.717, 1.165) is 5.69 Å². The van der Waals surface area contributed by atoms with Crippen molar-refractivity contribution in [3.63, 3.8) is 0 Å². The third kappa shape index (κ3) is 2.14. The molecular weight excluding hydrogens is 180 g/mol. The second-order valence-electron chi connectivity index (χ2n) is 3.24. The van der Waals surface area contributed by atoms with Crippen molar-refractivity contribution in [3.8, 4) is 0 Å². The Morgan fingerprint density at radius 2 is 2.43 bits per heavy atom. The maximum Gasteiger partial charge on any atom is 0.308 e. The summed E-state index contributed by atoms with van der Waals surface area (Å²) in [7, 11) is 1.77. The van der Waals surface area contributed by atoms with E-state index >= 15 is 0 Å². The van der Waals surface area contributed by atoms with E-state index in [2.05, 4.69) is 10.3 Å². The quantitative estimate of drug-likeness (QED) is 0.666. The molecule has 14 heavy (non-hydrogen) atoms. The molecule has 2 unspecified atom stereocenters. The largest absolute Gasteiger partial charge is 0.481 e. The standard InChI is InChI=1S/C10H16N2O2/c1-3-7(10(13)14)9(11-2)8-5-4-6-12-8/h4-7,9,11-12H,3H2,1-2H3,(H,13,14). The number of nitrogens with one attached hydrogen (secondary N) is 2. The highest BCUT2D eigenvalue weighted by Crippen LogP contribution is 2.23. The molecule has 0 aliphatic heterocycles. The first-order chi connectivity index (χ1) is 6.70. The monoisotopic (exact) mass is 196 g/mol. The van der Waals surface area contributed by atoms with Crippen LogP contribution in [0.3, 0.4) is 0 Å². The van der Waals surface area contributed by atoms with E-state index in [1.165, 1.54) is 0 Å². The van der Waals surface area contributed by atoms with Gasteiger partial charge in [-0.05, 0) is 25.6 Å². The Bertz CT molecular complexity index is 282. The Labute approximate surface area is 83.3 Å². The molecule has 0 spiro atoms. The van der Waals surface area contributed by atoms with Crippen LogP contribution in [-0.4, -0.2) is 23.1 Å². The topological polar surface area (TPSA) is 65.1 Å². The molecule has 0 aromatic carbocycles. The minimum atomic E-state index is -0.763. The highest BCUT2D eigenvalue weighted by Gasteiger charge is 2.26. The van der Waals surface area contributed by atoms with Crippen LogP contribution in [0.1, 0.15) is 25.1 Å². The lowest BCUT2D eigenvalue weighted by Gasteiger charge is -2.21. The second kappa shape index (κ2) is 4.81. The van der Waals surface area contributed by atoms with Crippen LogP contribution in [0, 0.1) is 5.92 Å². The fourth-order valence-electron chi connectivity index (χ4n) is 1.66. The molecule has 78 valence electrons. The van der Waals surface area contributed by atoms with Gasteiger partial charge in [-0.25, -0.2) is 0 Å². The summed E-state index contributed by atoms with van der Waals surface area (Å²) in [6.45, 7) is 1.88. The number of H-pyrrole nitrogens is 1. The molecule has 4 nitrogen and oxygen atoms in total. The minimum Gasteiger partial charge on any atom is -0.481 e. The van der Waals surface area contributed by atoms with E-state index in [4.69, 9.17) is 5.11 Å². The van der Waals surface area contributed by atoms with Crippen LogP contribution in [-0.2, 0) is 4.79 Å². The fraction of sp³-hybridized carbons (Fsp3) is 0.500. The third-order valence-electron chi connectivity index (χ3n) is 2.43. The highest BCUT2D eigenvalue weighted by atomic mass is 16.4. The van der Waals surface area contributed by atoms with Gasteiger partial charge < -0.3 is 15.4 Å². The molecule has 4 heteroatoms. The molecule has 0 saturated carbocycles. The average Bonchev–Trinajstić information content (AvgIpc) is 2.65. The van der Waals surface area contributed by atoms with Crippen molar-refractivity contribution < 1.29 is 9.90 Å². The van der Waals surface area contributed by atoms with Gasteiger partial charge in [0.2, 0.25) is 0 Å². The fourth-order valence-corrected chi connectivity index (χ4v) is 1.66. The van der Waals surface area contributed by atoms with Gasteiger partial charge in [-0.2, -0.15) is 0 Å². The van der Waals surface area contributed by atoms with Gasteiger partial charge in [-0.3, -0.25) is 4.79 Å². The molecule has 3 N–H and O–H groups in total. The van der Waals surface area contributed by atoms with Gasteiger partial charge in [0.15, 0.2) is 0 Å². The normalized spacial score (nSPS) is 15.0. The summed E-state index contributed by atoms with van der Waals surface area (Å²) in [6, 6.07) is 3.62. The lowest BCUT2D eigenvalue weighted by atomic mass is 9.95. The van der Waals surface area contributed by atoms with Crippen molar-refractivity contribution in [2.75, 3.05) is 7.05 Å². The summed E-state index contributed by atoms with van der Waals surface area (Å²) in [5.74, 6) is -1.15. The van der Waals surface area contributed by atoms with Gasteiger partial charge in [-0.15, -0.1) is 0 Å². The first-order valence-electron chi connectivity index (χ1n) is 4.74. The Hall–Kier alpha value is -1.29. The molecule has 0 fully saturated rings. The first kappa shape index (κ1) is 10.8. The number of carboxylic acid groups (broad SMARTS) is 1. The van der Waals surface area contributed by atoms with Crippen molar-refractivity contribution in [2.24, 2.45) is 5.92 Å². The van der Waals surface area contributed by atoms with Crippen LogP contribution in [0.2, 0.25) is 0 Å². The Morgan fingerprint density at radius 1 is 1.71 bits per heavy atom. The second-order valence-corrected chi connectivity index (χ2v) is 3.24. The van der Waals surface area contributed by atoms with E-state index in [0.29, 0.717) is 6.42 Å². The molecule has 1 aromatic rings. The van der Waals surface area contributed by atoms with Gasteiger partial charge in [0.05, 0.1) is 12.0 Å². The molecule has 0 amide bonds. The SMILES string of the molecule is CCC(C(=O)O)C(NC)c1ccc[nH]1. The number of carbonyl (C=O) groups is 1. The summed E-state index contributed by atoms with van der Waals surface area (Å²) in [5, 5.41) is 12.0. The summed E-state index contributed by atoms with van der Waals surface area (Å²) < 4.78 is 0. The number of hydrogen-bond donors (Lipinski definition) is 3. The lowest BCUT2D eigenvalue weighted by molar-refractivity contribution is -0.143. The van der Waals surface area contributed by atoms with Crippen molar-refractivity contribution in [2.45, 2.75) is 19.4 Å². The van der Waals surface area contributed by atoms with Gasteiger partial charge >= 0.3 is 5.97 Å². The predicted octanol–water partition coefficient (Wildman–Crippen LogP) is 1.39. The highest BCUT2D eigenvalue weighted by molar-refractivity contribution is 5.71. The van der Waals surface area contributed by atoms with Crippen LogP contribution in [0.15, 0.2) is 18.3 Å².